The van der Waals surface area contributed by atoms with E-state index in [1.807, 2.05) is 0 Å². The van der Waals surface area contributed by atoms with Crippen LogP contribution in [0.25, 0.3) is 5.65 Å². The Labute approximate surface area is 167 Å². The molecular weight excluding hydrogens is 412 g/mol. The number of likely N-dealkylation sites (tertiary alicyclic amines) is 1. The van der Waals surface area contributed by atoms with Crippen molar-refractivity contribution in [3.8, 4) is 0 Å². The number of imidazole rings is 1. The molecule has 1 unspecified atom stereocenters. The highest BCUT2D eigenvalue weighted by Gasteiger charge is 2.37. The maximum absolute atomic E-state index is 13.3. The number of rotatable bonds is 2. The molecule has 0 spiro atoms. The first-order valence-electron chi connectivity index (χ1n) is 8.74. The Morgan fingerprint density at radius 2 is 1.93 bits per heavy atom. The summed E-state index contributed by atoms with van der Waals surface area (Å²) in [5, 5.41) is -0.229. The first kappa shape index (κ1) is 19.5. The van der Waals surface area contributed by atoms with Gasteiger partial charge < -0.3 is 10.6 Å². The summed E-state index contributed by atoms with van der Waals surface area (Å²) in [5.41, 5.74) is 4.49. The van der Waals surface area contributed by atoms with Crippen molar-refractivity contribution < 1.29 is 22.4 Å². The summed E-state index contributed by atoms with van der Waals surface area (Å²) in [6.07, 6.45) is -2.86. The third-order valence-electron chi connectivity index (χ3n) is 5.01. The lowest BCUT2D eigenvalue weighted by molar-refractivity contribution is -0.136. The summed E-state index contributed by atoms with van der Waals surface area (Å²) < 4.78 is 54.1. The number of aromatic nitrogens is 2. The number of carbonyl (C=O) groups excluding carboxylic acids is 1. The summed E-state index contributed by atoms with van der Waals surface area (Å²) in [4.78, 5) is 18.3. The van der Waals surface area contributed by atoms with Gasteiger partial charge in [0.05, 0.1) is 0 Å². The van der Waals surface area contributed by atoms with Gasteiger partial charge in [-0.2, -0.15) is 13.2 Å². The molecule has 0 saturated carbocycles. The first-order valence-corrected chi connectivity index (χ1v) is 9.12. The molecule has 0 aliphatic carbocycles. The Morgan fingerprint density at radius 1 is 1.24 bits per heavy atom. The summed E-state index contributed by atoms with van der Waals surface area (Å²) in [6.45, 7) is 0.724. The van der Waals surface area contributed by atoms with Crippen LogP contribution in [-0.2, 0) is 6.18 Å². The summed E-state index contributed by atoms with van der Waals surface area (Å²) in [5.74, 6) is -0.914. The number of nitrogen functional groups attached to an aromatic ring is 1. The number of hydrogen-bond donors (Lipinski definition) is 1. The van der Waals surface area contributed by atoms with Crippen molar-refractivity contribution in [2.45, 2.75) is 18.5 Å². The lowest BCUT2D eigenvalue weighted by Crippen LogP contribution is -2.29. The highest BCUT2D eigenvalue weighted by atomic mass is 35.5. The summed E-state index contributed by atoms with van der Waals surface area (Å²) in [6, 6.07) is 6.77. The van der Waals surface area contributed by atoms with E-state index in [9.17, 15) is 22.4 Å². The average Bonchev–Trinajstić information content (AvgIpc) is 3.26. The molecule has 1 aromatic carbocycles. The van der Waals surface area contributed by atoms with E-state index < -0.39 is 23.3 Å². The molecule has 4 rings (SSSR count). The van der Waals surface area contributed by atoms with Gasteiger partial charge in [-0.1, -0.05) is 23.7 Å². The van der Waals surface area contributed by atoms with Crippen LogP contribution in [0, 0.1) is 5.82 Å². The Kier molecular flexibility index (Phi) is 4.65. The third-order valence-corrected chi connectivity index (χ3v) is 5.37. The first-order chi connectivity index (χ1) is 13.6. The monoisotopic (exact) mass is 426 g/mol. The molecule has 1 amide bonds. The average molecular weight is 427 g/mol. The number of alkyl halides is 3. The number of benzene rings is 1. The number of amides is 1. The molecule has 152 valence electrons. The number of carbonyl (C=O) groups is 1. The Balaban J connectivity index is 1.66. The largest absolute Gasteiger partial charge is 0.420 e. The molecular formula is C19H15ClF4N4O. The molecule has 0 radical (unpaired) electrons. The molecule has 10 heteroatoms. The van der Waals surface area contributed by atoms with Gasteiger partial charge in [-0.25, -0.2) is 9.37 Å². The van der Waals surface area contributed by atoms with Crippen LogP contribution in [0.15, 0.2) is 36.5 Å². The van der Waals surface area contributed by atoms with Gasteiger partial charge in [0.1, 0.15) is 16.5 Å². The van der Waals surface area contributed by atoms with E-state index >= 15 is 0 Å². The molecule has 29 heavy (non-hydrogen) atoms. The van der Waals surface area contributed by atoms with E-state index in [0.29, 0.717) is 19.5 Å². The van der Waals surface area contributed by atoms with Crippen molar-refractivity contribution in [2.75, 3.05) is 18.8 Å². The number of anilines is 1. The van der Waals surface area contributed by atoms with Gasteiger partial charge in [0.2, 0.25) is 0 Å². The van der Waals surface area contributed by atoms with Crippen LogP contribution in [0.5, 0.6) is 0 Å². The van der Waals surface area contributed by atoms with Crippen molar-refractivity contribution in [3.63, 3.8) is 0 Å². The number of pyridine rings is 1. The van der Waals surface area contributed by atoms with Gasteiger partial charge in [0.25, 0.3) is 5.91 Å². The SMILES string of the molecule is Nc1cc(C(F)(F)F)c2nc(C(=O)N3CCC(c4ccc(F)cc4)C3)c(Cl)n2c1. The molecule has 2 N–H and O–H groups in total. The second-order valence-corrected chi connectivity index (χ2v) is 7.28. The topological polar surface area (TPSA) is 63.6 Å². The molecule has 2 aromatic heterocycles. The normalized spacial score (nSPS) is 17.3. The van der Waals surface area contributed by atoms with Crippen LogP contribution in [0.2, 0.25) is 5.15 Å². The lowest BCUT2D eigenvalue weighted by Gasteiger charge is -2.15. The number of halogens is 5. The van der Waals surface area contributed by atoms with Gasteiger partial charge >= 0.3 is 6.18 Å². The van der Waals surface area contributed by atoms with Gasteiger partial charge in [-0.3, -0.25) is 9.20 Å². The second-order valence-electron chi connectivity index (χ2n) is 6.92. The zero-order valence-electron chi connectivity index (χ0n) is 14.9. The molecule has 1 saturated heterocycles. The van der Waals surface area contributed by atoms with Crippen LogP contribution in [0.4, 0.5) is 23.2 Å². The fourth-order valence-corrected chi connectivity index (χ4v) is 3.84. The van der Waals surface area contributed by atoms with Crippen LogP contribution >= 0.6 is 11.6 Å². The standard InChI is InChI=1S/C19H15ClF4N4O/c20-16-15(26-17-14(19(22,23)24)7-13(25)9-28(16)17)18(29)27-6-5-11(8-27)10-1-3-12(21)4-2-10/h1-4,7,9,11H,5-6,8,25H2. The maximum atomic E-state index is 13.3. The fraction of sp³-hybridized carbons (Fsp3) is 0.263. The zero-order chi connectivity index (χ0) is 20.9. The van der Waals surface area contributed by atoms with Gasteiger partial charge in [-0.05, 0) is 30.2 Å². The van der Waals surface area contributed by atoms with Crippen molar-refractivity contribution in [1.82, 2.24) is 14.3 Å². The summed E-state index contributed by atoms with van der Waals surface area (Å²) >= 11 is 6.18. The number of fused-ring (bicyclic) bond motifs is 1. The Hall–Kier alpha value is -2.81. The smallest absolute Gasteiger partial charge is 0.398 e. The molecule has 1 atom stereocenters. The van der Waals surface area contributed by atoms with Crippen molar-refractivity contribution in [2.24, 2.45) is 0 Å². The highest BCUT2D eigenvalue weighted by Crippen LogP contribution is 2.36. The molecule has 3 heterocycles. The minimum atomic E-state index is -4.70. The molecule has 1 aliphatic rings. The van der Waals surface area contributed by atoms with Crippen LogP contribution in [0.3, 0.4) is 0 Å². The van der Waals surface area contributed by atoms with E-state index in [2.05, 4.69) is 4.98 Å². The van der Waals surface area contributed by atoms with E-state index in [4.69, 9.17) is 17.3 Å². The molecule has 3 aromatic rings. The third kappa shape index (κ3) is 3.50. The Morgan fingerprint density at radius 3 is 2.59 bits per heavy atom. The fourth-order valence-electron chi connectivity index (χ4n) is 3.58. The molecule has 0 bridgehead atoms. The van der Waals surface area contributed by atoms with Gasteiger partial charge in [-0.15, -0.1) is 0 Å². The molecule has 5 nitrogen and oxygen atoms in total. The van der Waals surface area contributed by atoms with E-state index in [0.717, 1.165) is 16.0 Å². The minimum absolute atomic E-state index is 0.00302. The van der Waals surface area contributed by atoms with Crippen LogP contribution < -0.4 is 5.73 Å². The van der Waals surface area contributed by atoms with Crippen molar-refractivity contribution in [3.05, 3.63) is 64.3 Å². The zero-order valence-corrected chi connectivity index (χ0v) is 15.6. The quantitative estimate of drug-likeness (QED) is 0.619. The van der Waals surface area contributed by atoms with Crippen molar-refractivity contribution in [1.29, 1.82) is 0 Å². The summed E-state index contributed by atoms with van der Waals surface area (Å²) in [7, 11) is 0. The Bertz CT molecular complexity index is 1090. The van der Waals surface area contributed by atoms with Gasteiger partial charge in [0, 0.05) is 30.9 Å². The van der Waals surface area contributed by atoms with Crippen molar-refractivity contribution >= 4 is 28.8 Å². The lowest BCUT2D eigenvalue weighted by atomic mass is 9.99. The molecule has 1 fully saturated rings. The predicted molar refractivity (Wildman–Crippen MR) is 99.3 cm³/mol. The van der Waals surface area contributed by atoms with Crippen LogP contribution in [-0.4, -0.2) is 33.3 Å². The number of nitrogens with two attached hydrogens (primary N) is 1. The van der Waals surface area contributed by atoms with E-state index in [-0.39, 0.29) is 28.3 Å². The minimum Gasteiger partial charge on any atom is -0.398 e. The highest BCUT2D eigenvalue weighted by molar-refractivity contribution is 6.33. The van der Waals surface area contributed by atoms with Crippen LogP contribution in [0.1, 0.15) is 34.0 Å². The second kappa shape index (κ2) is 6.91. The maximum Gasteiger partial charge on any atom is 0.420 e. The predicted octanol–water partition coefficient (Wildman–Crippen LogP) is 4.36. The van der Waals surface area contributed by atoms with E-state index in [1.165, 1.54) is 23.2 Å². The molecule has 1 aliphatic heterocycles. The van der Waals surface area contributed by atoms with E-state index in [1.54, 1.807) is 12.1 Å². The number of hydrogen-bond acceptors (Lipinski definition) is 3. The number of nitrogens with zero attached hydrogens (tertiary/aromatic N) is 3. The van der Waals surface area contributed by atoms with Gasteiger partial charge in [0.15, 0.2) is 11.3 Å².